The highest BCUT2D eigenvalue weighted by Crippen LogP contribution is 2.16. The van der Waals surface area contributed by atoms with Crippen LogP contribution in [0.4, 0.5) is 0 Å². The fourth-order valence-corrected chi connectivity index (χ4v) is 2.74. The zero-order valence-corrected chi connectivity index (χ0v) is 13.0. The molecule has 6 nitrogen and oxygen atoms in total. The predicted octanol–water partition coefficient (Wildman–Crippen LogP) is 1.04. The van der Waals surface area contributed by atoms with Gasteiger partial charge in [-0.15, -0.1) is 0 Å². The maximum Gasteiger partial charge on any atom is 0.271 e. The highest BCUT2D eigenvalue weighted by molar-refractivity contribution is 5.92. The average molecular weight is 294 g/mol. The number of amides is 1. The zero-order chi connectivity index (χ0) is 15.2. The van der Waals surface area contributed by atoms with E-state index in [0.29, 0.717) is 18.3 Å². The van der Waals surface area contributed by atoms with Gasteiger partial charge < -0.3 is 10.4 Å². The molecule has 0 aliphatic carbocycles. The van der Waals surface area contributed by atoms with Crippen LogP contribution in [-0.4, -0.2) is 58.0 Å². The quantitative estimate of drug-likeness (QED) is 0.788. The number of hydrogen-bond donors (Lipinski definition) is 2. The van der Waals surface area contributed by atoms with E-state index < -0.39 is 0 Å². The van der Waals surface area contributed by atoms with Crippen molar-refractivity contribution in [2.75, 3.05) is 26.2 Å². The Morgan fingerprint density at radius 1 is 1.57 bits per heavy atom. The lowest BCUT2D eigenvalue weighted by molar-refractivity contribution is 0.0933. The van der Waals surface area contributed by atoms with Crippen LogP contribution >= 0.6 is 0 Å². The fraction of sp³-hybridized carbons (Fsp3) is 0.733. The van der Waals surface area contributed by atoms with Crippen molar-refractivity contribution in [1.82, 2.24) is 20.0 Å². The Kier molecular flexibility index (Phi) is 5.76. The van der Waals surface area contributed by atoms with Crippen LogP contribution in [0.1, 0.15) is 49.6 Å². The van der Waals surface area contributed by atoms with Gasteiger partial charge >= 0.3 is 0 Å². The molecule has 0 unspecified atom stereocenters. The van der Waals surface area contributed by atoms with E-state index in [0.717, 1.165) is 32.4 Å². The van der Waals surface area contributed by atoms with Gasteiger partial charge in [0.05, 0.1) is 0 Å². The lowest BCUT2D eigenvalue weighted by Crippen LogP contribution is -2.40. The summed E-state index contributed by atoms with van der Waals surface area (Å²) in [6.45, 7) is 6.90. The number of aromatic nitrogens is 2. The molecule has 1 aliphatic heterocycles. The molecule has 1 saturated heterocycles. The van der Waals surface area contributed by atoms with Gasteiger partial charge in [0.25, 0.3) is 5.91 Å². The van der Waals surface area contributed by atoms with E-state index in [2.05, 4.69) is 15.3 Å². The van der Waals surface area contributed by atoms with Gasteiger partial charge in [0.1, 0.15) is 5.69 Å². The first kappa shape index (κ1) is 16.0. The summed E-state index contributed by atoms with van der Waals surface area (Å²) in [6.07, 6.45) is 4.89. The molecule has 1 aromatic rings. The molecular formula is C15H26N4O2. The molecule has 1 fully saturated rings. The summed E-state index contributed by atoms with van der Waals surface area (Å²) in [5.74, 6) is -0.108. The first-order valence-corrected chi connectivity index (χ1v) is 7.80. The Balaban J connectivity index is 1.82. The molecule has 2 N–H and O–H groups in total. The molecule has 1 amide bonds. The maximum atomic E-state index is 12.1. The smallest absolute Gasteiger partial charge is 0.271 e. The first-order chi connectivity index (χ1) is 10.1. The van der Waals surface area contributed by atoms with E-state index in [1.54, 1.807) is 10.7 Å². The Morgan fingerprint density at radius 3 is 3.05 bits per heavy atom. The van der Waals surface area contributed by atoms with Crippen LogP contribution in [0, 0.1) is 0 Å². The van der Waals surface area contributed by atoms with Gasteiger partial charge in [-0.05, 0) is 45.7 Å². The van der Waals surface area contributed by atoms with Crippen LogP contribution in [0.5, 0.6) is 0 Å². The van der Waals surface area contributed by atoms with Gasteiger partial charge in [-0.3, -0.25) is 14.4 Å². The number of likely N-dealkylation sites (tertiary alicyclic amines) is 1. The minimum atomic E-state index is -0.108. The van der Waals surface area contributed by atoms with Gasteiger partial charge in [-0.1, -0.05) is 0 Å². The van der Waals surface area contributed by atoms with E-state index in [-0.39, 0.29) is 18.6 Å². The lowest BCUT2D eigenvalue weighted by atomic mass is 10.2. The van der Waals surface area contributed by atoms with Gasteiger partial charge in [-0.2, -0.15) is 5.10 Å². The molecule has 118 valence electrons. The summed E-state index contributed by atoms with van der Waals surface area (Å²) < 4.78 is 1.79. The Morgan fingerprint density at radius 2 is 2.38 bits per heavy atom. The molecule has 0 saturated carbocycles. The van der Waals surface area contributed by atoms with E-state index in [9.17, 15) is 4.79 Å². The Labute approximate surface area is 126 Å². The number of hydrogen-bond acceptors (Lipinski definition) is 4. The molecule has 1 aliphatic rings. The summed E-state index contributed by atoms with van der Waals surface area (Å²) in [5.41, 5.74) is 0.476. The number of nitrogens with zero attached hydrogens (tertiary/aromatic N) is 3. The molecule has 2 rings (SSSR count). The second-order valence-corrected chi connectivity index (χ2v) is 5.89. The maximum absolute atomic E-state index is 12.1. The van der Waals surface area contributed by atoms with Gasteiger partial charge in [0.15, 0.2) is 0 Å². The molecule has 2 heterocycles. The number of aliphatic hydroxyl groups is 1. The zero-order valence-electron chi connectivity index (χ0n) is 13.0. The number of rotatable bonds is 7. The minimum Gasteiger partial charge on any atom is -0.396 e. The van der Waals surface area contributed by atoms with Crippen LogP contribution in [0.15, 0.2) is 12.3 Å². The Bertz CT molecular complexity index is 458. The number of carbonyl (C=O) groups excluding carboxylic acids is 1. The monoisotopic (exact) mass is 294 g/mol. The lowest BCUT2D eigenvalue weighted by Gasteiger charge is -2.24. The van der Waals surface area contributed by atoms with Crippen molar-refractivity contribution in [3.63, 3.8) is 0 Å². The molecule has 0 spiro atoms. The Hall–Kier alpha value is -1.40. The molecule has 21 heavy (non-hydrogen) atoms. The molecule has 1 atom stereocenters. The molecule has 1 aromatic heterocycles. The topological polar surface area (TPSA) is 70.4 Å². The third-order valence-corrected chi connectivity index (χ3v) is 3.97. The molecule has 0 bridgehead atoms. The van der Waals surface area contributed by atoms with Gasteiger partial charge in [0, 0.05) is 38.0 Å². The van der Waals surface area contributed by atoms with Gasteiger partial charge in [0.2, 0.25) is 0 Å². The van der Waals surface area contributed by atoms with Crippen molar-refractivity contribution in [3.8, 4) is 0 Å². The minimum absolute atomic E-state index is 0.108. The van der Waals surface area contributed by atoms with Gasteiger partial charge in [-0.25, -0.2) is 0 Å². The fourth-order valence-electron chi connectivity index (χ4n) is 2.74. The third-order valence-electron chi connectivity index (χ3n) is 3.97. The van der Waals surface area contributed by atoms with Crippen molar-refractivity contribution in [2.45, 2.75) is 45.2 Å². The predicted molar refractivity (Wildman–Crippen MR) is 81.2 cm³/mol. The van der Waals surface area contributed by atoms with Crippen molar-refractivity contribution < 1.29 is 9.90 Å². The van der Waals surface area contributed by atoms with E-state index >= 15 is 0 Å². The highest BCUT2D eigenvalue weighted by Gasteiger charge is 2.24. The van der Waals surface area contributed by atoms with Crippen LogP contribution < -0.4 is 5.32 Å². The van der Waals surface area contributed by atoms with E-state index in [4.69, 9.17) is 5.11 Å². The second-order valence-electron chi connectivity index (χ2n) is 5.89. The molecular weight excluding hydrogens is 268 g/mol. The van der Waals surface area contributed by atoms with Crippen LogP contribution in [0.25, 0.3) is 0 Å². The van der Waals surface area contributed by atoms with Crippen LogP contribution in [0.2, 0.25) is 0 Å². The summed E-state index contributed by atoms with van der Waals surface area (Å²) in [4.78, 5) is 14.5. The second kappa shape index (κ2) is 7.56. The molecule has 6 heteroatoms. The van der Waals surface area contributed by atoms with Crippen molar-refractivity contribution in [1.29, 1.82) is 0 Å². The number of aliphatic hydroxyl groups excluding tert-OH is 1. The summed E-state index contributed by atoms with van der Waals surface area (Å²) in [6, 6.07) is 2.40. The number of nitrogens with one attached hydrogen (secondary N) is 1. The summed E-state index contributed by atoms with van der Waals surface area (Å²) >= 11 is 0. The van der Waals surface area contributed by atoms with Crippen LogP contribution in [0.3, 0.4) is 0 Å². The van der Waals surface area contributed by atoms with E-state index in [1.165, 1.54) is 0 Å². The standard InChI is InChI=1S/C15H26N4O2/c1-12(2)19-9-6-14(17-19)15(21)16-11-13-5-3-7-18(13)8-4-10-20/h6,9,12-13,20H,3-5,7-8,10-11H2,1-2H3,(H,16,21)/t13-/m1/s1. The SMILES string of the molecule is CC(C)n1ccc(C(=O)NC[C@H]2CCCN2CCCO)n1. The van der Waals surface area contributed by atoms with Crippen molar-refractivity contribution in [2.24, 2.45) is 0 Å². The van der Waals surface area contributed by atoms with E-state index in [1.807, 2.05) is 20.0 Å². The summed E-state index contributed by atoms with van der Waals surface area (Å²) in [7, 11) is 0. The molecule has 0 radical (unpaired) electrons. The van der Waals surface area contributed by atoms with Crippen LogP contribution in [-0.2, 0) is 0 Å². The van der Waals surface area contributed by atoms with Crippen molar-refractivity contribution in [3.05, 3.63) is 18.0 Å². The highest BCUT2D eigenvalue weighted by atomic mass is 16.3. The number of carbonyl (C=O) groups is 1. The third kappa shape index (κ3) is 4.28. The molecule has 0 aromatic carbocycles. The average Bonchev–Trinajstić information content (AvgIpc) is 3.11. The first-order valence-electron chi connectivity index (χ1n) is 7.80. The van der Waals surface area contributed by atoms with Crippen molar-refractivity contribution >= 4 is 5.91 Å². The summed E-state index contributed by atoms with van der Waals surface area (Å²) in [5, 5.41) is 16.2. The normalized spacial score (nSPS) is 19.3. The largest absolute Gasteiger partial charge is 0.396 e.